The second-order valence-corrected chi connectivity index (χ2v) is 9.76. The van der Waals surface area contributed by atoms with Crippen LogP contribution < -0.4 is 15.4 Å². The lowest BCUT2D eigenvalue weighted by atomic mass is 9.95. The van der Waals surface area contributed by atoms with Gasteiger partial charge in [0.1, 0.15) is 6.10 Å². The first-order chi connectivity index (χ1) is 13.7. The molecular formula is C21H35IN4O2S. The van der Waals surface area contributed by atoms with Crippen LogP contribution in [0.4, 0.5) is 0 Å². The van der Waals surface area contributed by atoms with Gasteiger partial charge in [0.05, 0.1) is 0 Å². The Morgan fingerprint density at radius 1 is 1.28 bits per heavy atom. The molecule has 0 aliphatic heterocycles. The van der Waals surface area contributed by atoms with E-state index in [1.807, 2.05) is 25.3 Å². The zero-order chi connectivity index (χ0) is 19.8. The average molecular weight is 535 g/mol. The van der Waals surface area contributed by atoms with Gasteiger partial charge in [0.15, 0.2) is 5.96 Å². The number of nitrogens with one attached hydrogen (secondary N) is 2. The first-order valence-corrected chi connectivity index (χ1v) is 12.0. The van der Waals surface area contributed by atoms with Crippen molar-refractivity contribution in [3.05, 3.63) is 23.9 Å². The van der Waals surface area contributed by atoms with E-state index in [2.05, 4.69) is 20.6 Å². The molecule has 8 heteroatoms. The minimum absolute atomic E-state index is 0. The molecule has 3 rings (SSSR count). The highest BCUT2D eigenvalue weighted by Crippen LogP contribution is 2.24. The van der Waals surface area contributed by atoms with Crippen molar-refractivity contribution in [2.24, 2.45) is 4.99 Å². The number of rotatable bonds is 7. The van der Waals surface area contributed by atoms with Crippen LogP contribution in [0.25, 0.3) is 0 Å². The second-order valence-electron chi connectivity index (χ2n) is 7.75. The highest BCUT2D eigenvalue weighted by molar-refractivity contribution is 14.0. The molecule has 1 aromatic heterocycles. The molecule has 29 heavy (non-hydrogen) atoms. The molecule has 164 valence electrons. The molecule has 2 aliphatic rings. The van der Waals surface area contributed by atoms with Crippen LogP contribution in [-0.2, 0) is 17.3 Å². The van der Waals surface area contributed by atoms with Crippen molar-refractivity contribution in [2.45, 2.75) is 82.2 Å². The van der Waals surface area contributed by atoms with Crippen molar-refractivity contribution in [1.29, 1.82) is 0 Å². The fourth-order valence-corrected chi connectivity index (χ4v) is 5.47. The summed E-state index contributed by atoms with van der Waals surface area (Å²) < 4.78 is 18.2. The van der Waals surface area contributed by atoms with Crippen LogP contribution >= 0.6 is 24.0 Å². The summed E-state index contributed by atoms with van der Waals surface area (Å²) in [6, 6.07) is 4.35. The Bertz CT molecular complexity index is 682. The largest absolute Gasteiger partial charge is 0.474 e. The van der Waals surface area contributed by atoms with Gasteiger partial charge in [0, 0.05) is 53.7 Å². The van der Waals surface area contributed by atoms with Gasteiger partial charge in [-0.1, -0.05) is 13.3 Å². The Kier molecular flexibility index (Phi) is 10.7. The topological polar surface area (TPSA) is 75.6 Å². The normalized spacial score (nSPS) is 23.9. The fourth-order valence-electron chi connectivity index (χ4n) is 4.13. The summed E-state index contributed by atoms with van der Waals surface area (Å²) in [5, 5.41) is 7.22. The van der Waals surface area contributed by atoms with Gasteiger partial charge in [0.2, 0.25) is 5.88 Å². The lowest BCUT2D eigenvalue weighted by molar-refractivity contribution is 0.201. The Balaban J connectivity index is 0.00000300. The standard InChI is InChI=1S/C21H34N4O2S.HI/c1-3-28(26)19-10-6-7-17(14-19)25-21(22-2)24-15-16-11-12-23-20(13-16)27-18-8-4-5-9-18;/h11-13,17-19H,3-10,14-15H2,1-2H3,(H2,22,24,25);1H. The lowest BCUT2D eigenvalue weighted by Crippen LogP contribution is -2.46. The molecule has 6 nitrogen and oxygen atoms in total. The average Bonchev–Trinajstić information content (AvgIpc) is 3.24. The van der Waals surface area contributed by atoms with E-state index in [4.69, 9.17) is 4.74 Å². The molecule has 2 aliphatic carbocycles. The molecule has 3 unspecified atom stereocenters. The highest BCUT2D eigenvalue weighted by Gasteiger charge is 2.26. The third-order valence-electron chi connectivity index (χ3n) is 5.70. The number of ether oxygens (including phenoxy) is 1. The number of pyridine rings is 1. The van der Waals surface area contributed by atoms with Crippen molar-refractivity contribution >= 4 is 40.7 Å². The number of hydrogen-bond donors (Lipinski definition) is 2. The first-order valence-electron chi connectivity index (χ1n) is 10.6. The van der Waals surface area contributed by atoms with Gasteiger partial charge in [-0.15, -0.1) is 24.0 Å². The highest BCUT2D eigenvalue weighted by atomic mass is 127. The molecule has 0 aromatic carbocycles. The lowest BCUT2D eigenvalue weighted by Gasteiger charge is -2.30. The summed E-state index contributed by atoms with van der Waals surface area (Å²) in [5.74, 6) is 2.26. The smallest absolute Gasteiger partial charge is 0.213 e. The first kappa shape index (κ1) is 24.4. The summed E-state index contributed by atoms with van der Waals surface area (Å²) in [4.78, 5) is 8.72. The minimum atomic E-state index is -0.711. The van der Waals surface area contributed by atoms with Gasteiger partial charge in [-0.3, -0.25) is 9.20 Å². The van der Waals surface area contributed by atoms with Crippen LogP contribution in [0.15, 0.2) is 23.3 Å². The SMILES string of the molecule is CCS(=O)C1CCCC(NC(=NC)NCc2ccnc(OC3CCCC3)c2)C1.I. The zero-order valence-electron chi connectivity index (χ0n) is 17.6. The quantitative estimate of drug-likeness (QED) is 0.317. The molecule has 1 aromatic rings. The minimum Gasteiger partial charge on any atom is -0.474 e. The molecule has 1 heterocycles. The Morgan fingerprint density at radius 3 is 2.79 bits per heavy atom. The molecule has 0 bridgehead atoms. The molecule has 0 saturated heterocycles. The summed E-state index contributed by atoms with van der Waals surface area (Å²) in [5.41, 5.74) is 1.12. The van der Waals surface area contributed by atoms with Gasteiger partial charge >= 0.3 is 0 Å². The summed E-state index contributed by atoms with van der Waals surface area (Å²) in [6.45, 7) is 2.67. The molecular weight excluding hydrogens is 499 g/mol. The summed E-state index contributed by atoms with van der Waals surface area (Å²) in [6.07, 6.45) is 11.1. The molecule has 0 spiro atoms. The van der Waals surface area contributed by atoms with Gasteiger partial charge in [-0.2, -0.15) is 0 Å². The van der Waals surface area contributed by atoms with Crippen molar-refractivity contribution in [3.63, 3.8) is 0 Å². The second kappa shape index (κ2) is 12.7. The molecule has 3 atom stereocenters. The molecule has 0 amide bonds. The monoisotopic (exact) mass is 534 g/mol. The van der Waals surface area contributed by atoms with E-state index in [0.717, 1.165) is 55.8 Å². The predicted molar refractivity (Wildman–Crippen MR) is 131 cm³/mol. The van der Waals surface area contributed by atoms with Crippen LogP contribution in [0.3, 0.4) is 0 Å². The summed E-state index contributed by atoms with van der Waals surface area (Å²) in [7, 11) is 1.08. The van der Waals surface area contributed by atoms with E-state index >= 15 is 0 Å². The van der Waals surface area contributed by atoms with Crippen molar-refractivity contribution in [2.75, 3.05) is 12.8 Å². The number of guanidine groups is 1. The van der Waals surface area contributed by atoms with Gasteiger partial charge in [0.25, 0.3) is 0 Å². The van der Waals surface area contributed by atoms with Crippen LogP contribution in [0.1, 0.15) is 63.9 Å². The Labute approximate surface area is 194 Å². The molecule has 2 fully saturated rings. The van der Waals surface area contributed by atoms with E-state index in [1.165, 1.54) is 12.8 Å². The van der Waals surface area contributed by atoms with Crippen LogP contribution in [0.2, 0.25) is 0 Å². The van der Waals surface area contributed by atoms with E-state index in [1.54, 1.807) is 7.05 Å². The third-order valence-corrected chi connectivity index (χ3v) is 7.44. The number of hydrogen-bond acceptors (Lipinski definition) is 4. The van der Waals surface area contributed by atoms with Crippen molar-refractivity contribution in [3.8, 4) is 5.88 Å². The fraction of sp³-hybridized carbons (Fsp3) is 0.714. The van der Waals surface area contributed by atoms with E-state index in [0.29, 0.717) is 29.8 Å². The van der Waals surface area contributed by atoms with Crippen LogP contribution in [-0.4, -0.2) is 45.3 Å². The number of halogens is 1. The summed E-state index contributed by atoms with van der Waals surface area (Å²) >= 11 is 0. The van der Waals surface area contributed by atoms with Crippen LogP contribution in [0, 0.1) is 0 Å². The van der Waals surface area contributed by atoms with Gasteiger partial charge < -0.3 is 15.4 Å². The Morgan fingerprint density at radius 2 is 2.07 bits per heavy atom. The van der Waals surface area contributed by atoms with E-state index in [9.17, 15) is 4.21 Å². The van der Waals surface area contributed by atoms with Gasteiger partial charge in [-0.25, -0.2) is 4.98 Å². The number of aliphatic imine (C=N–C) groups is 1. The maximum Gasteiger partial charge on any atom is 0.213 e. The maximum atomic E-state index is 12.2. The Hall–Kier alpha value is -0.900. The van der Waals surface area contributed by atoms with Crippen molar-refractivity contribution < 1.29 is 8.95 Å². The predicted octanol–water partition coefficient (Wildman–Crippen LogP) is 3.77. The van der Waals surface area contributed by atoms with Gasteiger partial charge in [-0.05, 0) is 56.6 Å². The van der Waals surface area contributed by atoms with Crippen LogP contribution in [0.5, 0.6) is 5.88 Å². The van der Waals surface area contributed by atoms with E-state index < -0.39 is 10.8 Å². The maximum absolute atomic E-state index is 12.2. The third kappa shape index (κ3) is 7.70. The van der Waals surface area contributed by atoms with E-state index in [-0.39, 0.29) is 24.0 Å². The number of nitrogens with zero attached hydrogens (tertiary/aromatic N) is 2. The number of aromatic nitrogens is 1. The van der Waals surface area contributed by atoms with Crippen molar-refractivity contribution in [1.82, 2.24) is 15.6 Å². The zero-order valence-corrected chi connectivity index (χ0v) is 20.7. The molecule has 2 N–H and O–H groups in total. The molecule has 0 radical (unpaired) electrons. The molecule has 2 saturated carbocycles.